The van der Waals surface area contributed by atoms with E-state index in [1.54, 1.807) is 0 Å². The predicted octanol–water partition coefficient (Wildman–Crippen LogP) is 0.475. The van der Waals surface area contributed by atoms with Gasteiger partial charge in [-0.1, -0.05) is 6.92 Å². The molecule has 1 aromatic heterocycles. The smallest absolute Gasteiger partial charge is 0.274 e. The minimum absolute atomic E-state index is 0.198. The minimum Gasteiger partial charge on any atom is -0.446 e. The van der Waals surface area contributed by atoms with Gasteiger partial charge in [-0.2, -0.15) is 0 Å². The van der Waals surface area contributed by atoms with Crippen molar-refractivity contribution >= 4 is 10.0 Å². The van der Waals surface area contributed by atoms with Crippen LogP contribution in [-0.4, -0.2) is 33.3 Å². The van der Waals surface area contributed by atoms with Gasteiger partial charge in [0.1, 0.15) is 12.4 Å². The molecule has 6 nitrogen and oxygen atoms in total. The number of nitrogens with one attached hydrogen (secondary N) is 1. The summed E-state index contributed by atoms with van der Waals surface area (Å²) in [5.74, 6) is 0.213. The van der Waals surface area contributed by atoms with Crippen LogP contribution < -0.4 is 4.72 Å². The zero-order chi connectivity index (χ0) is 12.9. The first-order valence-corrected chi connectivity index (χ1v) is 6.72. The van der Waals surface area contributed by atoms with E-state index in [-0.39, 0.29) is 23.5 Å². The third-order valence-electron chi connectivity index (χ3n) is 2.24. The van der Waals surface area contributed by atoms with Crippen molar-refractivity contribution in [3.63, 3.8) is 0 Å². The van der Waals surface area contributed by atoms with E-state index in [1.807, 2.05) is 6.92 Å². The molecule has 0 aromatic carbocycles. The second kappa shape index (κ2) is 6.15. The Kier molecular flexibility index (Phi) is 5.13. The van der Waals surface area contributed by atoms with Crippen LogP contribution in [0.25, 0.3) is 0 Å². The molecule has 0 aliphatic heterocycles. The molecule has 17 heavy (non-hydrogen) atoms. The fraction of sp³-hybridized carbons (Fsp3) is 0.600. The van der Waals surface area contributed by atoms with Gasteiger partial charge in [-0.05, 0) is 18.6 Å². The molecule has 1 rings (SSSR count). The van der Waals surface area contributed by atoms with Crippen molar-refractivity contribution < 1.29 is 22.7 Å². The van der Waals surface area contributed by atoms with Gasteiger partial charge in [-0.3, -0.25) is 0 Å². The summed E-state index contributed by atoms with van der Waals surface area (Å²) in [6.45, 7) is 1.82. The van der Waals surface area contributed by atoms with Gasteiger partial charge in [0.2, 0.25) is 5.09 Å². The largest absolute Gasteiger partial charge is 0.446 e. The van der Waals surface area contributed by atoms with Crippen molar-refractivity contribution in [2.24, 2.45) is 0 Å². The highest BCUT2D eigenvalue weighted by Gasteiger charge is 2.22. The van der Waals surface area contributed by atoms with Gasteiger partial charge < -0.3 is 14.3 Å². The van der Waals surface area contributed by atoms with Crippen LogP contribution in [0.4, 0.5) is 0 Å². The van der Waals surface area contributed by atoms with Crippen LogP contribution in [0, 0.1) is 0 Å². The highest BCUT2D eigenvalue weighted by molar-refractivity contribution is 7.89. The second-order valence-electron chi connectivity index (χ2n) is 3.56. The first-order valence-electron chi connectivity index (χ1n) is 5.24. The van der Waals surface area contributed by atoms with Gasteiger partial charge in [0.15, 0.2) is 0 Å². The molecule has 0 saturated heterocycles. The quantitative estimate of drug-likeness (QED) is 0.746. The lowest BCUT2D eigenvalue weighted by Gasteiger charge is -2.14. The highest BCUT2D eigenvalue weighted by Crippen LogP contribution is 2.14. The summed E-state index contributed by atoms with van der Waals surface area (Å²) < 4.78 is 36.1. The van der Waals surface area contributed by atoms with E-state index in [2.05, 4.69) is 4.72 Å². The predicted molar refractivity (Wildman–Crippen MR) is 60.9 cm³/mol. The molecule has 98 valence electrons. The maximum atomic E-state index is 11.9. The van der Waals surface area contributed by atoms with Crippen LogP contribution in [0.2, 0.25) is 0 Å². The lowest BCUT2D eigenvalue weighted by atomic mass is 10.3. The lowest BCUT2D eigenvalue weighted by molar-refractivity contribution is 0.172. The Balaban J connectivity index is 2.80. The molecule has 0 bridgehead atoms. The Hall–Kier alpha value is -0.890. The van der Waals surface area contributed by atoms with Crippen LogP contribution in [-0.2, 0) is 21.4 Å². The number of rotatable bonds is 7. The topological polar surface area (TPSA) is 88.8 Å². The summed E-state index contributed by atoms with van der Waals surface area (Å²) in [6.07, 6.45) is 0.612. The normalized spacial score (nSPS) is 13.8. The Labute approximate surface area is 101 Å². The number of aliphatic hydroxyl groups is 1. The minimum atomic E-state index is -3.69. The third kappa shape index (κ3) is 3.81. The number of sulfonamides is 1. The Morgan fingerprint density at radius 2 is 2.24 bits per heavy atom. The van der Waals surface area contributed by atoms with Crippen molar-refractivity contribution in [2.75, 3.05) is 13.7 Å². The maximum absolute atomic E-state index is 11.9. The van der Waals surface area contributed by atoms with E-state index in [0.29, 0.717) is 13.0 Å². The van der Waals surface area contributed by atoms with Gasteiger partial charge in [0, 0.05) is 13.2 Å². The number of methoxy groups -OCH3 is 1. The molecule has 0 aliphatic carbocycles. The van der Waals surface area contributed by atoms with Gasteiger partial charge in [0.25, 0.3) is 10.0 Å². The summed E-state index contributed by atoms with van der Waals surface area (Å²) in [7, 11) is -2.18. The summed E-state index contributed by atoms with van der Waals surface area (Å²) in [6, 6.07) is 2.44. The number of furan rings is 1. The number of hydrogen-bond donors (Lipinski definition) is 2. The first kappa shape index (κ1) is 14.2. The first-order chi connectivity index (χ1) is 8.03. The van der Waals surface area contributed by atoms with Crippen LogP contribution in [0.3, 0.4) is 0 Å². The molecule has 0 aliphatic rings. The van der Waals surface area contributed by atoms with Gasteiger partial charge in [0.05, 0.1) is 6.61 Å². The van der Waals surface area contributed by atoms with Crippen LogP contribution in [0.5, 0.6) is 0 Å². The van der Waals surface area contributed by atoms with Crippen molar-refractivity contribution in [3.8, 4) is 0 Å². The number of hydrogen-bond acceptors (Lipinski definition) is 5. The average Bonchev–Trinajstić information content (AvgIpc) is 2.77. The maximum Gasteiger partial charge on any atom is 0.274 e. The van der Waals surface area contributed by atoms with Crippen LogP contribution in [0.1, 0.15) is 19.1 Å². The number of ether oxygens (including phenoxy) is 1. The van der Waals surface area contributed by atoms with Crippen molar-refractivity contribution in [3.05, 3.63) is 17.9 Å². The van der Waals surface area contributed by atoms with E-state index in [0.717, 1.165) is 0 Å². The fourth-order valence-electron chi connectivity index (χ4n) is 1.30. The average molecular weight is 263 g/mol. The van der Waals surface area contributed by atoms with E-state index < -0.39 is 10.0 Å². The van der Waals surface area contributed by atoms with Crippen LogP contribution >= 0.6 is 0 Å². The van der Waals surface area contributed by atoms with E-state index in [9.17, 15) is 8.42 Å². The van der Waals surface area contributed by atoms with Crippen molar-refractivity contribution in [1.29, 1.82) is 0 Å². The molecule has 0 saturated carbocycles. The van der Waals surface area contributed by atoms with Crippen molar-refractivity contribution in [1.82, 2.24) is 4.72 Å². The second-order valence-corrected chi connectivity index (χ2v) is 5.21. The molecule has 1 heterocycles. The van der Waals surface area contributed by atoms with E-state index in [4.69, 9.17) is 14.3 Å². The SMILES string of the molecule is CCC(COC)NS(=O)(=O)c1ccc(CO)o1. The molecule has 1 atom stereocenters. The van der Waals surface area contributed by atoms with Gasteiger partial charge in [-0.25, -0.2) is 13.1 Å². The fourth-order valence-corrected chi connectivity index (χ4v) is 2.56. The van der Waals surface area contributed by atoms with E-state index in [1.165, 1.54) is 19.2 Å². The van der Waals surface area contributed by atoms with Crippen molar-refractivity contribution in [2.45, 2.75) is 31.1 Å². The highest BCUT2D eigenvalue weighted by atomic mass is 32.2. The van der Waals surface area contributed by atoms with E-state index >= 15 is 0 Å². The molecular weight excluding hydrogens is 246 g/mol. The molecule has 0 amide bonds. The zero-order valence-corrected chi connectivity index (χ0v) is 10.7. The summed E-state index contributed by atoms with van der Waals surface area (Å²) >= 11 is 0. The molecule has 0 spiro atoms. The monoisotopic (exact) mass is 263 g/mol. The molecule has 1 unspecified atom stereocenters. The summed E-state index contributed by atoms with van der Waals surface area (Å²) in [4.78, 5) is 0. The summed E-state index contributed by atoms with van der Waals surface area (Å²) in [5.41, 5.74) is 0. The Morgan fingerprint density at radius 3 is 2.71 bits per heavy atom. The zero-order valence-electron chi connectivity index (χ0n) is 9.84. The number of aliphatic hydroxyl groups excluding tert-OH is 1. The molecule has 2 N–H and O–H groups in total. The summed E-state index contributed by atoms with van der Waals surface area (Å²) in [5, 5.41) is 8.60. The third-order valence-corrected chi connectivity index (χ3v) is 3.63. The molecular formula is C10H17NO5S. The molecule has 0 radical (unpaired) electrons. The van der Waals surface area contributed by atoms with Gasteiger partial charge in [-0.15, -0.1) is 0 Å². The van der Waals surface area contributed by atoms with Crippen LogP contribution in [0.15, 0.2) is 21.6 Å². The Bertz CT molecular complexity index is 439. The Morgan fingerprint density at radius 1 is 1.53 bits per heavy atom. The molecule has 0 fully saturated rings. The van der Waals surface area contributed by atoms with Gasteiger partial charge >= 0.3 is 0 Å². The standard InChI is InChI=1S/C10H17NO5S/c1-3-8(7-15-2)11-17(13,14)10-5-4-9(6-12)16-10/h4-5,8,11-12H,3,6-7H2,1-2H3. The lowest BCUT2D eigenvalue weighted by Crippen LogP contribution is -2.37. The molecule has 1 aromatic rings. The molecule has 7 heteroatoms.